The Labute approximate surface area is 221 Å². The third kappa shape index (κ3) is 10.5. The molecule has 0 radical (unpaired) electrons. The summed E-state index contributed by atoms with van der Waals surface area (Å²) >= 11 is 0. The molecular formula is C23H25F3N4O8S. The molecule has 0 aliphatic rings. The minimum Gasteiger partial charge on any atom is -0.493 e. The second kappa shape index (κ2) is 14.0. The highest BCUT2D eigenvalue weighted by Crippen LogP contribution is 2.19. The van der Waals surface area contributed by atoms with Crippen LogP contribution in [0.2, 0.25) is 0 Å². The number of nitrogens with zero attached hydrogens (tertiary/aromatic N) is 1. The number of hydrogen-bond donors (Lipinski definition) is 3. The highest BCUT2D eigenvalue weighted by Gasteiger charge is 2.43. The number of benzene rings is 2. The smallest absolute Gasteiger partial charge is 0.493 e. The lowest BCUT2D eigenvalue weighted by molar-refractivity contribution is -0.286. The number of rotatable bonds is 13. The molecule has 0 bridgehead atoms. The normalized spacial score (nSPS) is 12.1. The fourth-order valence-electron chi connectivity index (χ4n) is 2.79. The number of carbonyl (C=O) groups excluding carboxylic acids is 2. The van der Waals surface area contributed by atoms with Crippen molar-refractivity contribution in [2.24, 2.45) is 16.6 Å². The first-order valence-corrected chi connectivity index (χ1v) is 12.5. The predicted molar refractivity (Wildman–Crippen MR) is 131 cm³/mol. The average Bonchev–Trinajstić information content (AvgIpc) is 2.88. The molecule has 0 saturated carbocycles. The number of nitrogens with two attached hydrogens (primary N) is 2. The van der Waals surface area contributed by atoms with E-state index < -0.39 is 34.2 Å². The molecule has 212 valence electrons. The summed E-state index contributed by atoms with van der Waals surface area (Å²) in [7, 11) is -4.36. The molecule has 0 aliphatic heterocycles. The number of oxime groups is 1. The molecule has 39 heavy (non-hydrogen) atoms. The van der Waals surface area contributed by atoms with Crippen LogP contribution in [0.1, 0.15) is 17.5 Å². The fraction of sp³-hybridized carbons (Fsp3) is 0.261. The van der Waals surface area contributed by atoms with Crippen LogP contribution in [0.15, 0.2) is 65.2 Å². The van der Waals surface area contributed by atoms with E-state index >= 15 is 0 Å². The second-order valence-electron chi connectivity index (χ2n) is 7.62. The van der Waals surface area contributed by atoms with Gasteiger partial charge in [0.2, 0.25) is 16.0 Å². The number of sulfonamides is 1. The van der Waals surface area contributed by atoms with Crippen LogP contribution in [0.3, 0.4) is 0 Å². The third-order valence-corrected chi connectivity index (χ3v) is 6.11. The highest BCUT2D eigenvalue weighted by molar-refractivity contribution is 7.89. The maximum absolute atomic E-state index is 12.8. The zero-order chi connectivity index (χ0) is 29.1. The quantitative estimate of drug-likeness (QED) is 0.105. The van der Waals surface area contributed by atoms with Gasteiger partial charge in [0, 0.05) is 6.42 Å². The van der Waals surface area contributed by atoms with E-state index in [1.807, 2.05) is 0 Å². The van der Waals surface area contributed by atoms with Gasteiger partial charge in [-0.05, 0) is 47.0 Å². The molecule has 5 N–H and O–H groups in total. The third-order valence-electron chi connectivity index (χ3n) is 4.62. The van der Waals surface area contributed by atoms with Gasteiger partial charge in [-0.3, -0.25) is 0 Å². The lowest BCUT2D eigenvalue weighted by Crippen LogP contribution is -2.44. The van der Waals surface area contributed by atoms with Gasteiger partial charge in [0.1, 0.15) is 18.4 Å². The molecule has 0 aromatic heterocycles. The van der Waals surface area contributed by atoms with E-state index in [1.165, 1.54) is 54.6 Å². The summed E-state index contributed by atoms with van der Waals surface area (Å²) in [5, 5.41) is 3.35. The first-order chi connectivity index (χ1) is 18.3. The van der Waals surface area contributed by atoms with Crippen molar-refractivity contribution in [3.63, 3.8) is 0 Å². The van der Waals surface area contributed by atoms with Crippen LogP contribution in [-0.4, -0.2) is 51.7 Å². The highest BCUT2D eigenvalue weighted by atomic mass is 32.2. The molecule has 1 atom stereocenters. The number of ether oxygens (including phenoxy) is 1. The van der Waals surface area contributed by atoms with E-state index in [2.05, 4.69) is 26.2 Å². The van der Waals surface area contributed by atoms with Gasteiger partial charge in [0.15, 0.2) is 0 Å². The van der Waals surface area contributed by atoms with E-state index in [4.69, 9.17) is 21.0 Å². The van der Waals surface area contributed by atoms with Crippen molar-refractivity contribution in [1.82, 2.24) is 4.72 Å². The van der Waals surface area contributed by atoms with Gasteiger partial charge in [0.05, 0.1) is 11.5 Å². The van der Waals surface area contributed by atoms with Crippen molar-refractivity contribution in [2.75, 3.05) is 13.2 Å². The zero-order valence-corrected chi connectivity index (χ0v) is 21.0. The molecule has 0 heterocycles. The summed E-state index contributed by atoms with van der Waals surface area (Å²) in [5.41, 5.74) is 11.2. The summed E-state index contributed by atoms with van der Waals surface area (Å²) < 4.78 is 70.4. The minimum atomic E-state index is -5.44. The van der Waals surface area contributed by atoms with Gasteiger partial charge in [-0.25, -0.2) is 27.8 Å². The molecule has 0 saturated heterocycles. The Morgan fingerprint density at radius 2 is 1.67 bits per heavy atom. The van der Waals surface area contributed by atoms with E-state index in [0.29, 0.717) is 23.3 Å². The minimum absolute atomic E-state index is 0.190. The summed E-state index contributed by atoms with van der Waals surface area (Å²) in [6.07, 6.45) is -3.89. The van der Waals surface area contributed by atoms with Crippen LogP contribution in [0.5, 0.6) is 5.75 Å². The number of hydrogen-bond acceptors (Lipinski definition) is 9. The monoisotopic (exact) mass is 574 g/mol. The van der Waals surface area contributed by atoms with Crippen LogP contribution in [0.4, 0.5) is 13.2 Å². The standard InChI is InChI=1S/C23H25F3N4O8S/c1-2-15-6-10-18(11-7-15)39(33,34)30-19(20(31)37-38-21(32)23(24,25)26)14-16-4-8-17(9-5-16)35-12-3-13-36-29-22(27)28/h2,4-11,19,30H,1,3,12-14H2,(H4,27,28,29)/t19-/m0/s1. The number of carbonyl (C=O) groups is 2. The number of halogens is 3. The van der Waals surface area contributed by atoms with E-state index in [1.54, 1.807) is 0 Å². The Morgan fingerprint density at radius 1 is 1.03 bits per heavy atom. The topological polar surface area (TPSA) is 182 Å². The Morgan fingerprint density at radius 3 is 2.23 bits per heavy atom. The summed E-state index contributed by atoms with van der Waals surface area (Å²) in [6.45, 7) is 3.99. The van der Waals surface area contributed by atoms with Crippen LogP contribution in [0, 0.1) is 0 Å². The molecule has 0 fully saturated rings. The van der Waals surface area contributed by atoms with Gasteiger partial charge in [-0.15, -0.1) is 0 Å². The molecule has 2 rings (SSSR count). The van der Waals surface area contributed by atoms with Gasteiger partial charge >= 0.3 is 18.1 Å². The maximum Gasteiger partial charge on any atom is 0.495 e. The molecule has 0 amide bonds. The lowest BCUT2D eigenvalue weighted by atomic mass is 10.1. The SMILES string of the molecule is C=Cc1ccc(S(=O)(=O)N[C@@H](Cc2ccc(OCCCON=C(N)N)cc2)C(=O)OOC(=O)C(F)(F)F)cc1. The Hall–Kier alpha value is -4.31. The molecule has 12 nitrogen and oxygen atoms in total. The van der Waals surface area contributed by atoms with Crippen molar-refractivity contribution in [3.8, 4) is 5.75 Å². The summed E-state index contributed by atoms with van der Waals surface area (Å²) in [5.74, 6) is -4.18. The van der Waals surface area contributed by atoms with Crippen molar-refractivity contribution < 1.29 is 50.5 Å². The predicted octanol–water partition coefficient (Wildman–Crippen LogP) is 1.76. The van der Waals surface area contributed by atoms with Gasteiger partial charge in [-0.1, -0.05) is 36.9 Å². The van der Waals surface area contributed by atoms with Crippen LogP contribution in [0.25, 0.3) is 6.08 Å². The van der Waals surface area contributed by atoms with Crippen molar-refractivity contribution in [2.45, 2.75) is 30.0 Å². The molecule has 0 unspecified atom stereocenters. The van der Waals surface area contributed by atoms with Crippen LogP contribution < -0.4 is 20.9 Å². The summed E-state index contributed by atoms with van der Waals surface area (Å²) in [4.78, 5) is 35.5. The largest absolute Gasteiger partial charge is 0.495 e. The average molecular weight is 575 g/mol. The van der Waals surface area contributed by atoms with E-state index in [9.17, 15) is 31.2 Å². The van der Waals surface area contributed by atoms with Crippen molar-refractivity contribution in [1.29, 1.82) is 0 Å². The molecule has 2 aromatic carbocycles. The Balaban J connectivity index is 2.11. The molecule has 0 aliphatic carbocycles. The van der Waals surface area contributed by atoms with E-state index in [-0.39, 0.29) is 30.5 Å². The lowest BCUT2D eigenvalue weighted by Gasteiger charge is -2.17. The maximum atomic E-state index is 12.8. The van der Waals surface area contributed by atoms with Gasteiger partial charge < -0.3 is 21.0 Å². The molecular weight excluding hydrogens is 549 g/mol. The molecule has 0 spiro atoms. The van der Waals surface area contributed by atoms with Gasteiger partial charge in [0.25, 0.3) is 0 Å². The molecule has 2 aromatic rings. The zero-order valence-electron chi connectivity index (χ0n) is 20.2. The number of alkyl halides is 3. The van der Waals surface area contributed by atoms with E-state index in [0.717, 1.165) is 0 Å². The molecule has 16 heteroatoms. The Kier molecular flexibility index (Phi) is 11.1. The van der Waals surface area contributed by atoms with Crippen molar-refractivity contribution >= 4 is 34.0 Å². The van der Waals surface area contributed by atoms with Gasteiger partial charge in [-0.2, -0.15) is 17.9 Å². The number of guanidine groups is 1. The first-order valence-electron chi connectivity index (χ1n) is 11.0. The van der Waals surface area contributed by atoms with Crippen molar-refractivity contribution in [3.05, 3.63) is 66.2 Å². The Bertz CT molecular complexity index is 1260. The first kappa shape index (κ1) is 30.9. The summed E-state index contributed by atoms with van der Waals surface area (Å²) in [6, 6.07) is 9.61. The number of nitrogens with one attached hydrogen (secondary N) is 1. The fourth-order valence-corrected chi connectivity index (χ4v) is 3.97. The van der Waals surface area contributed by atoms with Crippen LogP contribution in [-0.2, 0) is 40.6 Å². The second-order valence-corrected chi connectivity index (χ2v) is 9.33. The van der Waals surface area contributed by atoms with Crippen LogP contribution >= 0.6 is 0 Å².